The third-order valence-electron chi connectivity index (χ3n) is 2.45. The summed E-state index contributed by atoms with van der Waals surface area (Å²) in [6.45, 7) is 11.1. The zero-order valence-corrected chi connectivity index (χ0v) is 11.4. The van der Waals surface area contributed by atoms with Crippen LogP contribution < -0.4 is 5.32 Å². The number of anilines is 1. The lowest BCUT2D eigenvalue weighted by Crippen LogP contribution is -2.16. The van der Waals surface area contributed by atoms with Gasteiger partial charge in [0, 0.05) is 31.6 Å². The lowest BCUT2D eigenvalue weighted by molar-refractivity contribution is 0.116. The summed E-state index contributed by atoms with van der Waals surface area (Å²) in [5, 5.41) is 3.31. The molecule has 0 spiro atoms. The van der Waals surface area contributed by atoms with Crippen LogP contribution in [0, 0.1) is 5.92 Å². The van der Waals surface area contributed by atoms with Crippen molar-refractivity contribution in [1.29, 1.82) is 0 Å². The molecule has 1 N–H and O–H groups in total. The second-order valence-corrected chi connectivity index (χ2v) is 5.04. The van der Waals surface area contributed by atoms with Gasteiger partial charge in [-0.25, -0.2) is 4.98 Å². The first-order valence-corrected chi connectivity index (χ1v) is 6.45. The van der Waals surface area contributed by atoms with Gasteiger partial charge in [0.1, 0.15) is 0 Å². The molecular formula is C13H25N3O. The van der Waals surface area contributed by atoms with Crippen LogP contribution in [-0.4, -0.2) is 28.8 Å². The summed E-state index contributed by atoms with van der Waals surface area (Å²) in [5.74, 6) is 1.63. The summed E-state index contributed by atoms with van der Waals surface area (Å²) in [6, 6.07) is 0.401. The van der Waals surface area contributed by atoms with Crippen molar-refractivity contribution in [3.63, 3.8) is 0 Å². The van der Waals surface area contributed by atoms with E-state index in [1.54, 1.807) is 0 Å². The second kappa shape index (κ2) is 7.33. The quantitative estimate of drug-likeness (QED) is 0.709. The Labute approximate surface area is 104 Å². The van der Waals surface area contributed by atoms with E-state index in [4.69, 9.17) is 4.74 Å². The van der Waals surface area contributed by atoms with Gasteiger partial charge >= 0.3 is 0 Å². The summed E-state index contributed by atoms with van der Waals surface area (Å²) >= 11 is 0. The van der Waals surface area contributed by atoms with Crippen molar-refractivity contribution in [2.24, 2.45) is 5.92 Å². The molecule has 98 valence electrons. The van der Waals surface area contributed by atoms with Crippen molar-refractivity contribution >= 4 is 5.95 Å². The summed E-state index contributed by atoms with van der Waals surface area (Å²) in [6.07, 6.45) is 4.93. The van der Waals surface area contributed by atoms with Gasteiger partial charge in [0.15, 0.2) is 0 Å². The Kier molecular flexibility index (Phi) is 6.05. The van der Waals surface area contributed by atoms with Gasteiger partial charge in [0.25, 0.3) is 0 Å². The van der Waals surface area contributed by atoms with Crippen LogP contribution >= 0.6 is 0 Å². The monoisotopic (exact) mass is 239 g/mol. The van der Waals surface area contributed by atoms with Gasteiger partial charge in [-0.3, -0.25) is 0 Å². The highest BCUT2D eigenvalue weighted by Gasteiger charge is 2.03. The molecule has 0 unspecified atom stereocenters. The Morgan fingerprint density at radius 3 is 2.71 bits per heavy atom. The number of nitrogens with one attached hydrogen (secondary N) is 1. The molecule has 1 rings (SSSR count). The fourth-order valence-electron chi connectivity index (χ4n) is 1.47. The first-order chi connectivity index (χ1) is 8.09. The minimum absolute atomic E-state index is 0.401. The van der Waals surface area contributed by atoms with Crippen LogP contribution in [0.1, 0.15) is 34.1 Å². The Balaban J connectivity index is 2.24. The van der Waals surface area contributed by atoms with Crippen LogP contribution in [0.15, 0.2) is 12.4 Å². The molecule has 0 bridgehead atoms. The number of hydrogen-bond acceptors (Lipinski definition) is 3. The zero-order valence-electron chi connectivity index (χ0n) is 11.4. The summed E-state index contributed by atoms with van der Waals surface area (Å²) in [7, 11) is 0. The lowest BCUT2D eigenvalue weighted by atomic mass is 10.1. The topological polar surface area (TPSA) is 39.1 Å². The Bertz CT molecular complexity index is 307. The van der Waals surface area contributed by atoms with E-state index in [9.17, 15) is 0 Å². The maximum Gasteiger partial charge on any atom is 0.203 e. The van der Waals surface area contributed by atoms with Gasteiger partial charge in [0.2, 0.25) is 5.95 Å². The molecule has 0 aliphatic heterocycles. The Morgan fingerprint density at radius 2 is 2.06 bits per heavy atom. The minimum Gasteiger partial charge on any atom is -0.380 e. The standard InChI is InChI=1S/C13H25N3O/c1-11(2)5-9-17-10-8-16-7-6-14-13(16)15-12(3)4/h6-7,11-12H,5,8-10H2,1-4H3,(H,14,15). The van der Waals surface area contributed by atoms with Gasteiger partial charge in [-0.15, -0.1) is 0 Å². The van der Waals surface area contributed by atoms with Crippen LogP contribution in [-0.2, 0) is 11.3 Å². The third kappa shape index (κ3) is 5.73. The summed E-state index contributed by atoms with van der Waals surface area (Å²) < 4.78 is 7.69. The normalized spacial score (nSPS) is 11.4. The van der Waals surface area contributed by atoms with E-state index in [2.05, 4.69) is 42.6 Å². The van der Waals surface area contributed by atoms with Crippen molar-refractivity contribution in [2.45, 2.75) is 46.7 Å². The molecule has 1 heterocycles. The molecular weight excluding hydrogens is 214 g/mol. The molecule has 0 aliphatic carbocycles. The SMILES string of the molecule is CC(C)CCOCCn1ccnc1NC(C)C. The fraction of sp³-hybridized carbons (Fsp3) is 0.769. The van der Waals surface area contributed by atoms with Crippen molar-refractivity contribution in [1.82, 2.24) is 9.55 Å². The van der Waals surface area contributed by atoms with Crippen LogP contribution in [0.5, 0.6) is 0 Å². The summed E-state index contributed by atoms with van der Waals surface area (Å²) in [4.78, 5) is 4.28. The van der Waals surface area contributed by atoms with Crippen molar-refractivity contribution in [3.05, 3.63) is 12.4 Å². The molecule has 4 heteroatoms. The maximum absolute atomic E-state index is 5.60. The van der Waals surface area contributed by atoms with E-state index < -0.39 is 0 Å². The van der Waals surface area contributed by atoms with E-state index in [-0.39, 0.29) is 0 Å². The molecule has 4 nitrogen and oxygen atoms in total. The minimum atomic E-state index is 0.401. The van der Waals surface area contributed by atoms with Gasteiger partial charge in [-0.05, 0) is 26.2 Å². The Hall–Kier alpha value is -1.03. The molecule has 17 heavy (non-hydrogen) atoms. The van der Waals surface area contributed by atoms with Crippen molar-refractivity contribution in [3.8, 4) is 0 Å². The molecule has 0 saturated carbocycles. The number of hydrogen-bond donors (Lipinski definition) is 1. The average Bonchev–Trinajstić information content (AvgIpc) is 2.64. The number of nitrogens with zero attached hydrogens (tertiary/aromatic N) is 2. The van der Waals surface area contributed by atoms with Gasteiger partial charge in [-0.1, -0.05) is 13.8 Å². The van der Waals surface area contributed by atoms with Gasteiger partial charge in [0.05, 0.1) is 6.61 Å². The smallest absolute Gasteiger partial charge is 0.203 e. The molecule has 0 radical (unpaired) electrons. The average molecular weight is 239 g/mol. The number of aromatic nitrogens is 2. The van der Waals surface area contributed by atoms with E-state index in [1.165, 1.54) is 0 Å². The fourth-order valence-corrected chi connectivity index (χ4v) is 1.47. The van der Waals surface area contributed by atoms with Crippen molar-refractivity contribution in [2.75, 3.05) is 18.5 Å². The van der Waals surface area contributed by atoms with E-state index in [0.717, 1.165) is 32.1 Å². The van der Waals surface area contributed by atoms with Gasteiger partial charge < -0.3 is 14.6 Å². The van der Waals surface area contributed by atoms with E-state index in [1.807, 2.05) is 12.4 Å². The van der Waals surface area contributed by atoms with Crippen LogP contribution in [0.2, 0.25) is 0 Å². The zero-order chi connectivity index (χ0) is 12.7. The lowest BCUT2D eigenvalue weighted by Gasteiger charge is -2.12. The number of rotatable bonds is 8. The Morgan fingerprint density at radius 1 is 1.29 bits per heavy atom. The van der Waals surface area contributed by atoms with Gasteiger partial charge in [-0.2, -0.15) is 0 Å². The van der Waals surface area contributed by atoms with Crippen LogP contribution in [0.4, 0.5) is 5.95 Å². The van der Waals surface area contributed by atoms with E-state index in [0.29, 0.717) is 12.0 Å². The molecule has 0 amide bonds. The highest BCUT2D eigenvalue weighted by molar-refractivity contribution is 5.26. The predicted octanol–water partition coefficient (Wildman–Crippen LogP) is 2.77. The maximum atomic E-state index is 5.60. The van der Waals surface area contributed by atoms with E-state index >= 15 is 0 Å². The molecule has 0 aliphatic rings. The molecule has 0 aromatic carbocycles. The van der Waals surface area contributed by atoms with Crippen molar-refractivity contribution < 1.29 is 4.74 Å². The van der Waals surface area contributed by atoms with Crippen LogP contribution in [0.25, 0.3) is 0 Å². The third-order valence-corrected chi connectivity index (χ3v) is 2.45. The predicted molar refractivity (Wildman–Crippen MR) is 71.3 cm³/mol. The molecule has 1 aromatic heterocycles. The summed E-state index contributed by atoms with van der Waals surface area (Å²) in [5.41, 5.74) is 0. The van der Waals surface area contributed by atoms with Crippen LogP contribution in [0.3, 0.4) is 0 Å². The highest BCUT2D eigenvalue weighted by Crippen LogP contribution is 2.06. The molecule has 0 saturated heterocycles. The molecule has 1 aromatic rings. The first kappa shape index (κ1) is 14.0. The second-order valence-electron chi connectivity index (χ2n) is 5.04. The number of ether oxygens (including phenoxy) is 1. The highest BCUT2D eigenvalue weighted by atomic mass is 16.5. The largest absolute Gasteiger partial charge is 0.380 e. The number of imidazole rings is 1. The molecule has 0 fully saturated rings. The first-order valence-electron chi connectivity index (χ1n) is 6.45. The molecule has 0 atom stereocenters.